The molecule has 0 saturated carbocycles. The van der Waals surface area contributed by atoms with Crippen LogP contribution >= 0.6 is 0 Å². The van der Waals surface area contributed by atoms with Gasteiger partial charge in [-0.05, 0) is 38.0 Å². The minimum absolute atomic E-state index is 0.143. The van der Waals surface area contributed by atoms with Gasteiger partial charge in [0.15, 0.2) is 0 Å². The monoisotopic (exact) mass is 287 g/mol. The molecule has 0 aromatic rings. The van der Waals surface area contributed by atoms with E-state index < -0.39 is 0 Å². The Kier molecular flexibility index (Phi) is 8.69. The minimum Gasteiger partial charge on any atom is -0.394 e. The topological polar surface area (TPSA) is 50.7 Å². The number of rotatable bonds is 10. The average molecular weight is 287 g/mol. The molecule has 1 unspecified atom stereocenters. The van der Waals surface area contributed by atoms with E-state index in [9.17, 15) is 5.11 Å². The molecule has 1 aliphatic heterocycles. The van der Waals surface area contributed by atoms with Gasteiger partial charge in [-0.15, -0.1) is 0 Å². The number of nitrogens with one attached hydrogen (secondary N) is 1. The highest BCUT2D eigenvalue weighted by Gasteiger charge is 2.27. The fourth-order valence-corrected chi connectivity index (χ4v) is 2.88. The molecule has 20 heavy (non-hydrogen) atoms. The van der Waals surface area contributed by atoms with Crippen molar-refractivity contribution in [1.29, 1.82) is 0 Å². The number of aliphatic hydroxyl groups is 1. The molecule has 0 aliphatic carbocycles. The van der Waals surface area contributed by atoms with Crippen molar-refractivity contribution in [2.75, 3.05) is 33.0 Å². The van der Waals surface area contributed by atoms with Crippen molar-refractivity contribution in [3.05, 3.63) is 0 Å². The lowest BCUT2D eigenvalue weighted by Crippen LogP contribution is -2.51. The second-order valence-corrected chi connectivity index (χ2v) is 6.33. The third-order valence-corrected chi connectivity index (χ3v) is 4.21. The number of aliphatic hydroxyl groups excluding tert-OH is 1. The van der Waals surface area contributed by atoms with Crippen molar-refractivity contribution in [2.24, 2.45) is 5.92 Å². The molecular formula is C16H33NO3. The lowest BCUT2D eigenvalue weighted by molar-refractivity contribution is 0.0174. The summed E-state index contributed by atoms with van der Waals surface area (Å²) in [6.45, 7) is 10.0. The van der Waals surface area contributed by atoms with Crippen LogP contribution in [-0.4, -0.2) is 49.7 Å². The van der Waals surface area contributed by atoms with E-state index in [4.69, 9.17) is 9.47 Å². The first-order valence-electron chi connectivity index (χ1n) is 8.16. The fraction of sp³-hybridized carbons (Fsp3) is 1.00. The van der Waals surface area contributed by atoms with Gasteiger partial charge in [-0.2, -0.15) is 0 Å². The smallest absolute Gasteiger partial charge is 0.0613 e. The second kappa shape index (κ2) is 9.72. The van der Waals surface area contributed by atoms with Crippen molar-refractivity contribution in [3.8, 4) is 0 Å². The van der Waals surface area contributed by atoms with Gasteiger partial charge < -0.3 is 19.9 Å². The Morgan fingerprint density at radius 1 is 1.35 bits per heavy atom. The average Bonchev–Trinajstić information content (AvgIpc) is 2.46. The molecule has 1 aliphatic rings. The van der Waals surface area contributed by atoms with Gasteiger partial charge in [0.2, 0.25) is 0 Å². The molecule has 120 valence electrons. The summed E-state index contributed by atoms with van der Waals surface area (Å²) in [5.41, 5.74) is -0.143. The number of hydrogen-bond donors (Lipinski definition) is 2. The van der Waals surface area contributed by atoms with E-state index in [0.29, 0.717) is 12.0 Å². The van der Waals surface area contributed by atoms with Gasteiger partial charge in [0.05, 0.1) is 6.61 Å². The first-order chi connectivity index (χ1) is 9.62. The Morgan fingerprint density at radius 3 is 2.60 bits per heavy atom. The molecule has 0 aromatic carbocycles. The molecule has 4 heteroatoms. The normalized spacial score (nSPS) is 20.2. The number of hydrogen-bond acceptors (Lipinski definition) is 4. The highest BCUT2D eigenvalue weighted by atomic mass is 16.5. The van der Waals surface area contributed by atoms with Crippen LogP contribution in [0.5, 0.6) is 0 Å². The highest BCUT2D eigenvalue weighted by molar-refractivity contribution is 4.87. The summed E-state index contributed by atoms with van der Waals surface area (Å²) in [6, 6.07) is 0.394. The van der Waals surface area contributed by atoms with Crippen molar-refractivity contribution in [2.45, 2.75) is 64.5 Å². The van der Waals surface area contributed by atoms with E-state index >= 15 is 0 Å². The largest absolute Gasteiger partial charge is 0.394 e. The lowest BCUT2D eigenvalue weighted by atomic mass is 9.90. The first kappa shape index (κ1) is 17.9. The van der Waals surface area contributed by atoms with E-state index in [2.05, 4.69) is 26.1 Å². The second-order valence-electron chi connectivity index (χ2n) is 6.33. The zero-order valence-electron chi connectivity index (χ0n) is 13.5. The highest BCUT2D eigenvalue weighted by Crippen LogP contribution is 2.19. The molecule has 0 radical (unpaired) electrons. The SMILES string of the molecule is CCC(CO)(CCCOCC1CCOCC1)NC(C)C. The van der Waals surface area contributed by atoms with Gasteiger partial charge in [-0.3, -0.25) is 0 Å². The predicted molar refractivity (Wildman–Crippen MR) is 82.0 cm³/mol. The zero-order chi connectivity index (χ0) is 14.8. The quantitative estimate of drug-likeness (QED) is 0.606. The fourth-order valence-electron chi connectivity index (χ4n) is 2.88. The lowest BCUT2D eigenvalue weighted by Gasteiger charge is -2.34. The van der Waals surface area contributed by atoms with Crippen LogP contribution in [-0.2, 0) is 9.47 Å². The summed E-state index contributed by atoms with van der Waals surface area (Å²) in [5.74, 6) is 0.673. The summed E-state index contributed by atoms with van der Waals surface area (Å²) in [7, 11) is 0. The Hall–Kier alpha value is -0.160. The van der Waals surface area contributed by atoms with Gasteiger partial charge in [0.1, 0.15) is 0 Å². The summed E-state index contributed by atoms with van der Waals surface area (Å²) < 4.78 is 11.1. The van der Waals surface area contributed by atoms with E-state index in [1.807, 2.05) is 0 Å². The third-order valence-electron chi connectivity index (χ3n) is 4.21. The molecule has 1 heterocycles. The van der Waals surface area contributed by atoms with Crippen molar-refractivity contribution < 1.29 is 14.6 Å². The van der Waals surface area contributed by atoms with Crippen LogP contribution in [0, 0.1) is 5.92 Å². The van der Waals surface area contributed by atoms with Gasteiger partial charge in [0, 0.05) is 38.0 Å². The van der Waals surface area contributed by atoms with Crippen molar-refractivity contribution in [1.82, 2.24) is 5.32 Å². The third kappa shape index (κ3) is 6.53. The Balaban J connectivity index is 2.16. The molecule has 2 N–H and O–H groups in total. The molecule has 4 nitrogen and oxygen atoms in total. The maximum Gasteiger partial charge on any atom is 0.0613 e. The standard InChI is InChI=1S/C16H33NO3/c1-4-16(13-18,17-14(2)3)8-5-9-20-12-15-6-10-19-11-7-15/h14-15,17-18H,4-13H2,1-3H3. The van der Waals surface area contributed by atoms with Crippen LogP contribution < -0.4 is 5.32 Å². The van der Waals surface area contributed by atoms with Gasteiger partial charge in [-0.25, -0.2) is 0 Å². The van der Waals surface area contributed by atoms with E-state index in [0.717, 1.165) is 58.5 Å². The first-order valence-corrected chi connectivity index (χ1v) is 8.16. The Bertz CT molecular complexity index is 236. The van der Waals surface area contributed by atoms with Crippen LogP contribution in [0.15, 0.2) is 0 Å². The van der Waals surface area contributed by atoms with Gasteiger partial charge in [-0.1, -0.05) is 20.8 Å². The van der Waals surface area contributed by atoms with Crippen LogP contribution in [0.3, 0.4) is 0 Å². The zero-order valence-corrected chi connectivity index (χ0v) is 13.5. The van der Waals surface area contributed by atoms with Crippen LogP contribution in [0.25, 0.3) is 0 Å². The molecular weight excluding hydrogens is 254 g/mol. The molecule has 0 spiro atoms. The molecule has 1 rings (SSSR count). The summed E-state index contributed by atoms with van der Waals surface area (Å²) in [5, 5.41) is 13.2. The molecule has 0 amide bonds. The van der Waals surface area contributed by atoms with Crippen molar-refractivity contribution >= 4 is 0 Å². The Morgan fingerprint density at radius 2 is 2.05 bits per heavy atom. The van der Waals surface area contributed by atoms with Crippen LogP contribution in [0.4, 0.5) is 0 Å². The Labute approximate surface area is 124 Å². The van der Waals surface area contributed by atoms with E-state index in [-0.39, 0.29) is 12.1 Å². The maximum atomic E-state index is 9.67. The molecule has 0 bridgehead atoms. The summed E-state index contributed by atoms with van der Waals surface area (Å²) in [4.78, 5) is 0. The van der Waals surface area contributed by atoms with Gasteiger partial charge in [0.25, 0.3) is 0 Å². The molecule has 1 atom stereocenters. The number of ether oxygens (including phenoxy) is 2. The summed E-state index contributed by atoms with van der Waals surface area (Å²) >= 11 is 0. The van der Waals surface area contributed by atoms with Crippen molar-refractivity contribution in [3.63, 3.8) is 0 Å². The molecule has 1 saturated heterocycles. The summed E-state index contributed by atoms with van der Waals surface area (Å²) in [6.07, 6.45) is 5.17. The predicted octanol–water partition coefficient (Wildman–Crippen LogP) is 2.35. The van der Waals surface area contributed by atoms with Crippen LogP contribution in [0.2, 0.25) is 0 Å². The minimum atomic E-state index is -0.143. The van der Waals surface area contributed by atoms with Crippen LogP contribution in [0.1, 0.15) is 52.9 Å². The van der Waals surface area contributed by atoms with Gasteiger partial charge >= 0.3 is 0 Å². The molecule has 0 aromatic heterocycles. The maximum absolute atomic E-state index is 9.67. The van der Waals surface area contributed by atoms with E-state index in [1.54, 1.807) is 0 Å². The van der Waals surface area contributed by atoms with E-state index in [1.165, 1.54) is 0 Å². The molecule has 1 fully saturated rings.